The fraction of sp³-hybridized carbons (Fsp3) is 0.167. The molecular formula is C12H7ClO4. The number of hydrogen-bond donors (Lipinski definition) is 0. The van der Waals surface area contributed by atoms with Crippen LogP contribution in [0.1, 0.15) is 0 Å². The van der Waals surface area contributed by atoms with E-state index >= 15 is 0 Å². The van der Waals surface area contributed by atoms with Crippen LogP contribution in [0, 0.1) is 24.7 Å². The topological polar surface area (TPSA) is 52.6 Å². The van der Waals surface area contributed by atoms with Crippen molar-refractivity contribution in [2.24, 2.45) is 0 Å². The summed E-state index contributed by atoms with van der Waals surface area (Å²) in [5, 5.41) is -1.68. The molecule has 0 spiro atoms. The van der Waals surface area contributed by atoms with E-state index in [1.54, 1.807) is 17.9 Å². The first-order chi connectivity index (χ1) is 8.01. The second-order valence-electron chi connectivity index (χ2n) is 2.95. The minimum absolute atomic E-state index is 0.920. The number of rotatable bonds is 2. The monoisotopic (exact) mass is 250 g/mol. The Morgan fingerprint density at radius 1 is 1.24 bits per heavy atom. The number of esters is 2. The molecule has 86 valence electrons. The third-order valence-corrected chi connectivity index (χ3v) is 2.25. The van der Waals surface area contributed by atoms with E-state index in [0.717, 1.165) is 0 Å². The van der Waals surface area contributed by atoms with Crippen molar-refractivity contribution in [3.63, 3.8) is 0 Å². The Morgan fingerprint density at radius 2 is 1.88 bits per heavy atom. The first-order valence-electron chi connectivity index (χ1n) is 4.43. The first kappa shape index (κ1) is 12.9. The summed E-state index contributed by atoms with van der Waals surface area (Å²) in [6.45, 7) is 0. The van der Waals surface area contributed by atoms with E-state index in [2.05, 4.69) is 0 Å². The van der Waals surface area contributed by atoms with Gasteiger partial charge in [-0.2, -0.15) is 0 Å². The smallest absolute Gasteiger partial charge is 0.386 e. The molecule has 0 saturated carbocycles. The second-order valence-corrected chi connectivity index (χ2v) is 3.54. The molecular weight excluding hydrogens is 244 g/mol. The lowest BCUT2D eigenvalue weighted by Crippen LogP contribution is -2.42. The van der Waals surface area contributed by atoms with Crippen LogP contribution in [-0.2, 0) is 19.1 Å². The summed E-state index contributed by atoms with van der Waals surface area (Å²) >= 11 is 5.99. The standard InChI is InChI=1S/C12H7ClO4/c1-3-10(14)16-9-7-5-6-8-12(9,13)17-11(15)4-2/h1-2,5-9H. The molecule has 1 rings (SSSR count). The number of halogens is 1. The highest BCUT2D eigenvalue weighted by Crippen LogP contribution is 2.30. The second kappa shape index (κ2) is 5.25. The summed E-state index contributed by atoms with van der Waals surface area (Å²) in [6.07, 6.45) is 14.5. The van der Waals surface area contributed by atoms with Gasteiger partial charge in [0.2, 0.25) is 5.06 Å². The zero-order valence-electron chi connectivity index (χ0n) is 8.55. The number of alkyl halides is 1. The average Bonchev–Trinajstić information content (AvgIpc) is 2.31. The first-order valence-corrected chi connectivity index (χ1v) is 4.81. The van der Waals surface area contributed by atoms with Gasteiger partial charge >= 0.3 is 11.9 Å². The molecule has 0 amide bonds. The largest absolute Gasteiger partial charge is 0.442 e. The normalized spacial score (nSPS) is 25.5. The summed E-state index contributed by atoms with van der Waals surface area (Å²) in [5.74, 6) is 1.61. The molecule has 0 bridgehead atoms. The maximum absolute atomic E-state index is 11.0. The Bertz CT molecular complexity index is 478. The number of terminal acetylenes is 2. The van der Waals surface area contributed by atoms with Crippen LogP contribution in [0.3, 0.4) is 0 Å². The van der Waals surface area contributed by atoms with E-state index in [0.29, 0.717) is 0 Å². The molecule has 17 heavy (non-hydrogen) atoms. The number of hydrogen-bond acceptors (Lipinski definition) is 4. The van der Waals surface area contributed by atoms with Gasteiger partial charge in [0.15, 0.2) is 6.10 Å². The zero-order valence-corrected chi connectivity index (χ0v) is 9.31. The predicted octanol–water partition coefficient (Wildman–Crippen LogP) is 0.769. The highest BCUT2D eigenvalue weighted by molar-refractivity contribution is 6.25. The van der Waals surface area contributed by atoms with E-state index in [4.69, 9.17) is 33.9 Å². The van der Waals surface area contributed by atoms with Gasteiger partial charge in [-0.1, -0.05) is 23.8 Å². The molecule has 1 aliphatic carbocycles. The van der Waals surface area contributed by atoms with E-state index in [1.807, 2.05) is 0 Å². The highest BCUT2D eigenvalue weighted by atomic mass is 35.5. The van der Waals surface area contributed by atoms with Crippen LogP contribution >= 0.6 is 11.6 Å². The van der Waals surface area contributed by atoms with Crippen molar-refractivity contribution in [2.45, 2.75) is 11.2 Å². The molecule has 1 aliphatic rings. The molecule has 0 fully saturated rings. The van der Waals surface area contributed by atoms with Crippen molar-refractivity contribution >= 4 is 23.5 Å². The lowest BCUT2D eigenvalue weighted by molar-refractivity contribution is -0.157. The Balaban J connectivity index is 2.88. The molecule has 4 nitrogen and oxygen atoms in total. The molecule has 0 saturated heterocycles. The highest BCUT2D eigenvalue weighted by Gasteiger charge is 2.40. The van der Waals surface area contributed by atoms with E-state index in [9.17, 15) is 9.59 Å². The molecule has 0 aromatic heterocycles. The number of carbonyl (C=O) groups excluding carboxylic acids is 2. The van der Waals surface area contributed by atoms with Gasteiger partial charge in [-0.15, -0.1) is 12.8 Å². The van der Waals surface area contributed by atoms with Crippen LogP contribution in [-0.4, -0.2) is 23.1 Å². The molecule has 0 aromatic rings. The van der Waals surface area contributed by atoms with E-state index in [-0.39, 0.29) is 0 Å². The molecule has 0 radical (unpaired) electrons. The van der Waals surface area contributed by atoms with Gasteiger partial charge in [-0.05, 0) is 12.2 Å². The molecule has 5 heteroatoms. The fourth-order valence-electron chi connectivity index (χ4n) is 1.11. The van der Waals surface area contributed by atoms with Crippen molar-refractivity contribution in [1.82, 2.24) is 0 Å². The molecule has 2 unspecified atom stereocenters. The zero-order chi connectivity index (χ0) is 12.9. The Labute approximate surface area is 103 Å². The summed E-state index contributed by atoms with van der Waals surface area (Å²) < 4.78 is 9.60. The van der Waals surface area contributed by atoms with Gasteiger partial charge in [-0.3, -0.25) is 0 Å². The minimum Gasteiger partial charge on any atom is -0.442 e. The van der Waals surface area contributed by atoms with Gasteiger partial charge in [0.05, 0.1) is 0 Å². The van der Waals surface area contributed by atoms with Gasteiger partial charge in [0, 0.05) is 11.8 Å². The molecule has 0 aromatic carbocycles. The predicted molar refractivity (Wildman–Crippen MR) is 60.5 cm³/mol. The van der Waals surface area contributed by atoms with Crippen LogP contribution in [0.2, 0.25) is 0 Å². The number of ether oxygens (including phenoxy) is 2. The minimum atomic E-state index is -1.68. The molecule has 2 atom stereocenters. The van der Waals surface area contributed by atoms with Crippen molar-refractivity contribution in [3.05, 3.63) is 24.3 Å². The fourth-order valence-corrected chi connectivity index (χ4v) is 1.37. The van der Waals surface area contributed by atoms with Crippen molar-refractivity contribution in [1.29, 1.82) is 0 Å². The summed E-state index contributed by atoms with van der Waals surface area (Å²) in [6, 6.07) is 0. The summed E-state index contributed by atoms with van der Waals surface area (Å²) in [4.78, 5) is 22.0. The third-order valence-electron chi connectivity index (χ3n) is 1.83. The van der Waals surface area contributed by atoms with Crippen molar-refractivity contribution in [2.75, 3.05) is 0 Å². The molecule has 0 heterocycles. The molecule has 0 aliphatic heterocycles. The van der Waals surface area contributed by atoms with Gasteiger partial charge in [-0.25, -0.2) is 9.59 Å². The Hall–Kier alpha value is -2.17. The van der Waals surface area contributed by atoms with Crippen LogP contribution in [0.4, 0.5) is 0 Å². The summed E-state index contributed by atoms with van der Waals surface area (Å²) in [5.41, 5.74) is 0. The van der Waals surface area contributed by atoms with Crippen LogP contribution in [0.25, 0.3) is 0 Å². The maximum Gasteiger partial charge on any atom is 0.386 e. The third kappa shape index (κ3) is 3.14. The number of carbonyl (C=O) groups is 2. The SMILES string of the molecule is C#CC(=O)OC1C=CC=CC1(Cl)OC(=O)C#C. The number of allylic oxidation sites excluding steroid dienone is 2. The van der Waals surface area contributed by atoms with Gasteiger partial charge in [0.1, 0.15) is 0 Å². The van der Waals surface area contributed by atoms with Crippen LogP contribution in [0.5, 0.6) is 0 Å². The van der Waals surface area contributed by atoms with Crippen molar-refractivity contribution in [3.8, 4) is 24.7 Å². The lowest BCUT2D eigenvalue weighted by Gasteiger charge is -2.30. The van der Waals surface area contributed by atoms with E-state index < -0.39 is 23.1 Å². The van der Waals surface area contributed by atoms with Gasteiger partial charge in [0.25, 0.3) is 0 Å². The van der Waals surface area contributed by atoms with Crippen LogP contribution in [0.15, 0.2) is 24.3 Å². The lowest BCUT2D eigenvalue weighted by atomic mass is 10.1. The van der Waals surface area contributed by atoms with Crippen LogP contribution < -0.4 is 0 Å². The maximum atomic E-state index is 11.0. The Kier molecular flexibility index (Phi) is 3.98. The van der Waals surface area contributed by atoms with Crippen molar-refractivity contribution < 1.29 is 19.1 Å². The average molecular weight is 251 g/mol. The molecule has 0 N–H and O–H groups in total. The summed E-state index contributed by atoms with van der Waals surface area (Å²) in [7, 11) is 0. The van der Waals surface area contributed by atoms with E-state index in [1.165, 1.54) is 18.2 Å². The Morgan fingerprint density at radius 3 is 2.47 bits per heavy atom. The quantitative estimate of drug-likeness (QED) is 0.314. The van der Waals surface area contributed by atoms with Gasteiger partial charge < -0.3 is 9.47 Å².